The number of ether oxygens (including phenoxy) is 1. The molecule has 0 amide bonds. The molecule has 0 bridgehead atoms. The molecule has 0 aliphatic rings. The van der Waals surface area contributed by atoms with Gasteiger partial charge in [0, 0.05) is 41.5 Å². The minimum Gasteiger partial charge on any atom is -0.481 e. The Bertz CT molecular complexity index is 469. The second-order valence-electron chi connectivity index (χ2n) is 5.36. The number of carboxylic acids is 6. The van der Waals surface area contributed by atoms with E-state index in [4.69, 9.17) is 74.7 Å². The molecule has 35 heavy (non-hydrogen) atoms. The van der Waals surface area contributed by atoms with E-state index >= 15 is 0 Å². The summed E-state index contributed by atoms with van der Waals surface area (Å²) in [5.74, 6) is -5.81. The van der Waals surface area contributed by atoms with Crippen LogP contribution in [0.1, 0.15) is 41.5 Å². The average Bonchev–Trinajstić information content (AvgIpc) is 2.60. The number of methoxy groups -OCH3 is 1. The van der Waals surface area contributed by atoms with Crippen molar-refractivity contribution in [3.63, 3.8) is 0 Å². The summed E-state index contributed by atoms with van der Waals surface area (Å²) in [7, 11) is 1.12. The summed E-state index contributed by atoms with van der Waals surface area (Å²) in [6.07, 6.45) is 0. The van der Waals surface area contributed by atoms with Gasteiger partial charge in [-0.3, -0.25) is 33.6 Å². The molecule has 0 atom stereocenters. The number of aliphatic hydroxyl groups is 3. The SMILES string of the molecule is CC(=O)O.CC(=O)O.CC(=O)O.CC(=O)O.CC(=O)O.CC(=O)O.COC(=O)C(CO)(CO)CO. The van der Waals surface area contributed by atoms with Gasteiger partial charge in [0.25, 0.3) is 35.8 Å². The van der Waals surface area contributed by atoms with Crippen LogP contribution < -0.4 is 0 Å². The van der Waals surface area contributed by atoms with Crippen molar-refractivity contribution in [2.75, 3.05) is 26.9 Å². The monoisotopic (exact) mass is 524 g/mol. The molecule has 0 aliphatic heterocycles. The van der Waals surface area contributed by atoms with E-state index in [-0.39, 0.29) is 0 Å². The largest absolute Gasteiger partial charge is 0.481 e. The fourth-order valence-corrected chi connectivity index (χ4v) is 0.560. The van der Waals surface area contributed by atoms with Gasteiger partial charge in [0.05, 0.1) is 26.9 Å². The Balaban J connectivity index is -0.0000000558. The third kappa shape index (κ3) is 138. The van der Waals surface area contributed by atoms with Crippen LogP contribution in [0.3, 0.4) is 0 Å². The molecule has 0 saturated carbocycles. The van der Waals surface area contributed by atoms with E-state index in [1.54, 1.807) is 0 Å². The van der Waals surface area contributed by atoms with Crippen molar-refractivity contribution in [2.45, 2.75) is 41.5 Å². The minimum absolute atomic E-state index is 0.632. The van der Waals surface area contributed by atoms with Crippen LogP contribution in [-0.4, -0.2) is 115 Å². The summed E-state index contributed by atoms with van der Waals surface area (Å²) in [6, 6.07) is 0. The molecule has 0 saturated heterocycles. The average molecular weight is 524 g/mol. The molecule has 0 unspecified atom stereocenters. The second-order valence-corrected chi connectivity index (χ2v) is 5.36. The molecule has 210 valence electrons. The number of esters is 1. The maximum absolute atomic E-state index is 10.8. The number of carbonyl (C=O) groups is 7. The standard InChI is InChI=1S/C6H12O5.6C2H4O2/c1-11-5(10)6(2-7,3-8)4-9;6*1-2(3)4/h7-9H,2-4H2,1H3;6*1H3,(H,3,4). The molecular formula is C18H36O17. The van der Waals surface area contributed by atoms with Crippen LogP contribution in [0.2, 0.25) is 0 Å². The molecule has 0 aliphatic carbocycles. The number of aliphatic carboxylic acids is 6. The Labute approximate surface area is 200 Å². The highest BCUT2D eigenvalue weighted by atomic mass is 16.5. The molecule has 17 nitrogen and oxygen atoms in total. The van der Waals surface area contributed by atoms with Gasteiger partial charge < -0.3 is 50.7 Å². The summed E-state index contributed by atoms with van der Waals surface area (Å²) >= 11 is 0. The number of carbonyl (C=O) groups excluding carboxylic acids is 1. The highest BCUT2D eigenvalue weighted by molar-refractivity contribution is 5.77. The Kier molecular flexibility index (Phi) is 48.3. The molecule has 0 heterocycles. The van der Waals surface area contributed by atoms with E-state index < -0.39 is 67.0 Å². The van der Waals surface area contributed by atoms with Crippen LogP contribution >= 0.6 is 0 Å². The van der Waals surface area contributed by atoms with Gasteiger partial charge in [-0.25, -0.2) is 0 Å². The van der Waals surface area contributed by atoms with E-state index in [9.17, 15) is 4.79 Å². The van der Waals surface area contributed by atoms with E-state index in [1.807, 2.05) is 0 Å². The van der Waals surface area contributed by atoms with Crippen molar-refractivity contribution >= 4 is 41.8 Å². The predicted molar refractivity (Wildman–Crippen MR) is 116 cm³/mol. The Morgan fingerprint density at radius 2 is 0.600 bits per heavy atom. The maximum atomic E-state index is 10.8. The van der Waals surface area contributed by atoms with Gasteiger partial charge in [0.15, 0.2) is 0 Å². The lowest BCUT2D eigenvalue weighted by atomic mass is 9.92. The molecule has 9 N–H and O–H groups in total. The Morgan fingerprint density at radius 1 is 0.486 bits per heavy atom. The van der Waals surface area contributed by atoms with Gasteiger partial charge in [-0.1, -0.05) is 0 Å². The molecule has 0 fully saturated rings. The van der Waals surface area contributed by atoms with E-state index in [0.29, 0.717) is 0 Å². The molecular weight excluding hydrogens is 488 g/mol. The van der Waals surface area contributed by atoms with Crippen LogP contribution in [-0.2, 0) is 38.3 Å². The summed E-state index contributed by atoms with van der Waals surface area (Å²) in [5, 5.41) is 70.5. The summed E-state index contributed by atoms with van der Waals surface area (Å²) in [6.45, 7) is 4.60. The number of hydrogen-bond donors (Lipinski definition) is 9. The van der Waals surface area contributed by atoms with E-state index in [2.05, 4.69) is 4.74 Å². The molecule has 0 aromatic rings. The summed E-state index contributed by atoms with van der Waals surface area (Å²) in [5.41, 5.74) is -1.56. The van der Waals surface area contributed by atoms with E-state index in [0.717, 1.165) is 48.7 Å². The molecule has 17 heteroatoms. The number of carboxylic acid groups (broad SMARTS) is 6. The Morgan fingerprint density at radius 3 is 0.629 bits per heavy atom. The highest BCUT2D eigenvalue weighted by Crippen LogP contribution is 2.15. The smallest absolute Gasteiger partial charge is 0.318 e. The van der Waals surface area contributed by atoms with Crippen molar-refractivity contribution in [2.24, 2.45) is 5.41 Å². The number of aliphatic hydroxyl groups excluding tert-OH is 3. The zero-order valence-electron chi connectivity index (χ0n) is 20.4. The fourth-order valence-electron chi connectivity index (χ4n) is 0.560. The van der Waals surface area contributed by atoms with Crippen molar-refractivity contribution in [3.8, 4) is 0 Å². The van der Waals surface area contributed by atoms with Gasteiger partial charge in [-0.2, -0.15) is 0 Å². The van der Waals surface area contributed by atoms with Crippen LogP contribution in [0.15, 0.2) is 0 Å². The summed E-state index contributed by atoms with van der Waals surface area (Å²) < 4.78 is 4.27. The van der Waals surface area contributed by atoms with Crippen molar-refractivity contribution in [3.05, 3.63) is 0 Å². The molecule has 0 rings (SSSR count). The van der Waals surface area contributed by atoms with Gasteiger partial charge in [0.2, 0.25) is 0 Å². The molecule has 0 radical (unpaired) electrons. The quantitative estimate of drug-likeness (QED) is 0.192. The third-order valence-corrected chi connectivity index (χ3v) is 1.53. The number of rotatable bonds is 4. The first-order valence-corrected chi connectivity index (χ1v) is 8.64. The molecule has 0 spiro atoms. The highest BCUT2D eigenvalue weighted by Gasteiger charge is 2.38. The minimum atomic E-state index is -1.56. The van der Waals surface area contributed by atoms with Crippen LogP contribution in [0.25, 0.3) is 0 Å². The lowest BCUT2D eigenvalue weighted by Crippen LogP contribution is -2.42. The normalized spacial score (nSPS) is 7.83. The maximum Gasteiger partial charge on any atom is 0.318 e. The zero-order valence-corrected chi connectivity index (χ0v) is 20.4. The van der Waals surface area contributed by atoms with Gasteiger partial charge in [-0.05, 0) is 0 Å². The topological polar surface area (TPSA) is 311 Å². The van der Waals surface area contributed by atoms with E-state index in [1.165, 1.54) is 0 Å². The second kappa shape index (κ2) is 34.8. The van der Waals surface area contributed by atoms with Gasteiger partial charge in [0.1, 0.15) is 5.41 Å². The zero-order chi connectivity index (χ0) is 30.4. The van der Waals surface area contributed by atoms with Gasteiger partial charge >= 0.3 is 5.97 Å². The summed E-state index contributed by atoms with van der Waals surface area (Å²) in [4.78, 5) is 64.8. The first-order valence-electron chi connectivity index (χ1n) is 8.64. The van der Waals surface area contributed by atoms with Gasteiger partial charge in [-0.15, -0.1) is 0 Å². The Hall–Kier alpha value is -3.83. The van der Waals surface area contributed by atoms with Crippen LogP contribution in [0, 0.1) is 5.41 Å². The lowest BCUT2D eigenvalue weighted by molar-refractivity contribution is -0.162. The molecule has 0 aromatic heterocycles. The first kappa shape index (κ1) is 48.6. The van der Waals surface area contributed by atoms with Crippen LogP contribution in [0.4, 0.5) is 0 Å². The van der Waals surface area contributed by atoms with Crippen molar-refractivity contribution in [1.82, 2.24) is 0 Å². The number of hydrogen-bond acceptors (Lipinski definition) is 11. The first-order chi connectivity index (χ1) is 15.6. The predicted octanol–water partition coefficient (Wildman–Crippen LogP) is -1.33. The van der Waals surface area contributed by atoms with Crippen molar-refractivity contribution < 1.29 is 84.3 Å². The van der Waals surface area contributed by atoms with Crippen LogP contribution in [0.5, 0.6) is 0 Å². The van der Waals surface area contributed by atoms with Crippen molar-refractivity contribution in [1.29, 1.82) is 0 Å². The fraction of sp³-hybridized carbons (Fsp3) is 0.611. The third-order valence-electron chi connectivity index (χ3n) is 1.53. The lowest BCUT2D eigenvalue weighted by Gasteiger charge is -2.23. The molecule has 0 aromatic carbocycles.